The molecule has 2 rings (SSSR count). The van der Waals surface area contributed by atoms with Crippen molar-refractivity contribution in [3.05, 3.63) is 36.7 Å². The maximum Gasteiger partial charge on any atom is 0.138 e. The maximum atomic E-state index is 5.57. The van der Waals surface area contributed by atoms with Crippen molar-refractivity contribution in [2.75, 3.05) is 0 Å². The fraction of sp³-hybridized carbons (Fsp3) is 0.125. The standard InChI is InChI=1S/C8H9N5/c9-3-7-1-2-10-4-8(7)13-6-11-5-12-13/h1-2,4-6H,3,9H2. The molecular weight excluding hydrogens is 166 g/mol. The molecule has 2 aromatic heterocycles. The van der Waals surface area contributed by atoms with Gasteiger partial charge in [0.2, 0.25) is 0 Å². The fourth-order valence-electron chi connectivity index (χ4n) is 1.13. The first-order valence-corrected chi connectivity index (χ1v) is 3.90. The normalized spacial score (nSPS) is 10.2. The summed E-state index contributed by atoms with van der Waals surface area (Å²) in [5, 5.41) is 4.01. The smallest absolute Gasteiger partial charge is 0.138 e. The van der Waals surface area contributed by atoms with Gasteiger partial charge in [0.05, 0.1) is 11.9 Å². The molecule has 0 aliphatic heterocycles. The summed E-state index contributed by atoms with van der Waals surface area (Å²) in [5.74, 6) is 0. The molecule has 0 aliphatic rings. The largest absolute Gasteiger partial charge is 0.326 e. The lowest BCUT2D eigenvalue weighted by Crippen LogP contribution is -2.05. The van der Waals surface area contributed by atoms with Crippen LogP contribution in [-0.2, 0) is 6.54 Å². The molecule has 66 valence electrons. The second-order valence-electron chi connectivity index (χ2n) is 2.55. The first-order chi connectivity index (χ1) is 6.42. The lowest BCUT2D eigenvalue weighted by molar-refractivity contribution is 0.849. The molecule has 2 heterocycles. The Morgan fingerprint density at radius 1 is 1.38 bits per heavy atom. The number of hydrogen-bond acceptors (Lipinski definition) is 4. The highest BCUT2D eigenvalue weighted by Gasteiger charge is 2.02. The van der Waals surface area contributed by atoms with Crippen molar-refractivity contribution in [3.8, 4) is 5.69 Å². The summed E-state index contributed by atoms with van der Waals surface area (Å²) < 4.78 is 1.65. The molecule has 2 N–H and O–H groups in total. The molecule has 13 heavy (non-hydrogen) atoms. The Labute approximate surface area is 75.2 Å². The van der Waals surface area contributed by atoms with Crippen molar-refractivity contribution in [2.45, 2.75) is 6.54 Å². The van der Waals surface area contributed by atoms with Crippen molar-refractivity contribution in [2.24, 2.45) is 5.73 Å². The average Bonchev–Trinajstić information content (AvgIpc) is 2.70. The van der Waals surface area contributed by atoms with Crippen LogP contribution in [0.1, 0.15) is 5.56 Å². The number of hydrogen-bond donors (Lipinski definition) is 1. The molecule has 0 saturated carbocycles. The highest BCUT2D eigenvalue weighted by molar-refractivity contribution is 5.36. The van der Waals surface area contributed by atoms with Crippen LogP contribution in [-0.4, -0.2) is 19.7 Å². The summed E-state index contributed by atoms with van der Waals surface area (Å²) >= 11 is 0. The molecule has 2 aromatic rings. The van der Waals surface area contributed by atoms with Gasteiger partial charge in [0.25, 0.3) is 0 Å². The van der Waals surface area contributed by atoms with Gasteiger partial charge in [0.15, 0.2) is 0 Å². The van der Waals surface area contributed by atoms with Crippen LogP contribution < -0.4 is 5.73 Å². The van der Waals surface area contributed by atoms with Gasteiger partial charge in [-0.2, -0.15) is 5.10 Å². The van der Waals surface area contributed by atoms with Crippen molar-refractivity contribution < 1.29 is 0 Å². The molecule has 0 aromatic carbocycles. The van der Waals surface area contributed by atoms with E-state index in [0.717, 1.165) is 11.3 Å². The number of rotatable bonds is 2. The topological polar surface area (TPSA) is 69.6 Å². The van der Waals surface area contributed by atoms with E-state index in [-0.39, 0.29) is 0 Å². The Hall–Kier alpha value is -1.75. The molecular formula is C8H9N5. The van der Waals surface area contributed by atoms with Gasteiger partial charge in [-0.3, -0.25) is 4.98 Å². The van der Waals surface area contributed by atoms with Crippen LogP contribution in [0.3, 0.4) is 0 Å². The van der Waals surface area contributed by atoms with Gasteiger partial charge < -0.3 is 5.73 Å². The zero-order chi connectivity index (χ0) is 9.10. The van der Waals surface area contributed by atoms with E-state index in [1.54, 1.807) is 23.4 Å². The van der Waals surface area contributed by atoms with E-state index in [1.165, 1.54) is 6.33 Å². The van der Waals surface area contributed by atoms with Crippen LogP contribution in [0.2, 0.25) is 0 Å². The van der Waals surface area contributed by atoms with Crippen LogP contribution in [0.25, 0.3) is 5.69 Å². The molecule has 0 aliphatic carbocycles. The lowest BCUT2D eigenvalue weighted by atomic mass is 10.2. The summed E-state index contributed by atoms with van der Waals surface area (Å²) in [6, 6.07) is 1.87. The minimum absolute atomic E-state index is 0.470. The summed E-state index contributed by atoms with van der Waals surface area (Å²) in [7, 11) is 0. The third-order valence-corrected chi connectivity index (χ3v) is 1.77. The summed E-state index contributed by atoms with van der Waals surface area (Å²) in [6.45, 7) is 0.470. The molecule has 0 bridgehead atoms. The molecule has 5 nitrogen and oxygen atoms in total. The molecule has 0 saturated heterocycles. The maximum absolute atomic E-state index is 5.57. The van der Waals surface area contributed by atoms with E-state index >= 15 is 0 Å². The van der Waals surface area contributed by atoms with Gasteiger partial charge in [0.1, 0.15) is 12.7 Å². The van der Waals surface area contributed by atoms with E-state index < -0.39 is 0 Å². The van der Waals surface area contributed by atoms with Crippen molar-refractivity contribution >= 4 is 0 Å². The minimum atomic E-state index is 0.470. The number of nitrogens with zero attached hydrogens (tertiary/aromatic N) is 4. The highest BCUT2D eigenvalue weighted by atomic mass is 15.3. The second kappa shape index (κ2) is 3.32. The third-order valence-electron chi connectivity index (χ3n) is 1.77. The summed E-state index contributed by atoms with van der Waals surface area (Å²) in [5.41, 5.74) is 7.45. The number of pyridine rings is 1. The van der Waals surface area contributed by atoms with Gasteiger partial charge in [0, 0.05) is 12.7 Å². The molecule has 5 heteroatoms. The Balaban J connectivity index is 2.51. The predicted octanol–water partition coefficient (Wildman–Crippen LogP) is 0.121. The van der Waals surface area contributed by atoms with E-state index in [4.69, 9.17) is 5.73 Å². The Morgan fingerprint density at radius 3 is 3.00 bits per heavy atom. The molecule has 0 unspecified atom stereocenters. The molecule has 0 fully saturated rings. The van der Waals surface area contributed by atoms with Gasteiger partial charge in [-0.15, -0.1) is 0 Å². The summed E-state index contributed by atoms with van der Waals surface area (Å²) in [6.07, 6.45) is 6.53. The van der Waals surface area contributed by atoms with Crippen LogP contribution >= 0.6 is 0 Å². The second-order valence-corrected chi connectivity index (χ2v) is 2.55. The Bertz CT molecular complexity index is 381. The van der Waals surface area contributed by atoms with Crippen molar-refractivity contribution in [1.29, 1.82) is 0 Å². The first kappa shape index (κ1) is 7.88. The van der Waals surface area contributed by atoms with Crippen LogP contribution in [0.15, 0.2) is 31.1 Å². The van der Waals surface area contributed by atoms with Crippen LogP contribution in [0, 0.1) is 0 Å². The number of nitrogens with two attached hydrogens (primary N) is 1. The Kier molecular flexibility index (Phi) is 2.01. The van der Waals surface area contributed by atoms with E-state index in [2.05, 4.69) is 15.1 Å². The van der Waals surface area contributed by atoms with E-state index in [0.29, 0.717) is 6.54 Å². The van der Waals surface area contributed by atoms with Crippen molar-refractivity contribution in [1.82, 2.24) is 19.7 Å². The van der Waals surface area contributed by atoms with E-state index in [9.17, 15) is 0 Å². The minimum Gasteiger partial charge on any atom is -0.326 e. The zero-order valence-corrected chi connectivity index (χ0v) is 6.96. The molecule has 0 spiro atoms. The quantitative estimate of drug-likeness (QED) is 0.703. The average molecular weight is 175 g/mol. The van der Waals surface area contributed by atoms with Gasteiger partial charge in [-0.25, -0.2) is 9.67 Å². The fourth-order valence-corrected chi connectivity index (χ4v) is 1.13. The first-order valence-electron chi connectivity index (χ1n) is 3.90. The van der Waals surface area contributed by atoms with Crippen LogP contribution in [0.4, 0.5) is 0 Å². The molecule has 0 radical (unpaired) electrons. The SMILES string of the molecule is NCc1ccncc1-n1cncn1. The van der Waals surface area contributed by atoms with Crippen molar-refractivity contribution in [3.63, 3.8) is 0 Å². The third kappa shape index (κ3) is 1.41. The number of aromatic nitrogens is 4. The predicted molar refractivity (Wildman–Crippen MR) is 47.0 cm³/mol. The van der Waals surface area contributed by atoms with Gasteiger partial charge in [-0.1, -0.05) is 0 Å². The highest BCUT2D eigenvalue weighted by Crippen LogP contribution is 2.09. The lowest BCUT2D eigenvalue weighted by Gasteiger charge is -2.04. The zero-order valence-electron chi connectivity index (χ0n) is 6.96. The van der Waals surface area contributed by atoms with E-state index in [1.807, 2.05) is 6.07 Å². The molecule has 0 amide bonds. The monoisotopic (exact) mass is 175 g/mol. The summed E-state index contributed by atoms with van der Waals surface area (Å²) in [4.78, 5) is 7.86. The van der Waals surface area contributed by atoms with Gasteiger partial charge in [-0.05, 0) is 11.6 Å². The Morgan fingerprint density at radius 2 is 2.31 bits per heavy atom. The molecule has 0 atom stereocenters. The van der Waals surface area contributed by atoms with Gasteiger partial charge >= 0.3 is 0 Å². The van der Waals surface area contributed by atoms with Crippen LogP contribution in [0.5, 0.6) is 0 Å².